The number of terminal acetylenes is 1. The highest BCUT2D eigenvalue weighted by atomic mass is 16.6. The normalized spacial score (nSPS) is 35.1. The Bertz CT molecular complexity index is 1030. The molecule has 5 rings (SSSR count). The molecule has 0 saturated heterocycles. The predicted octanol–water partition coefficient (Wildman–Crippen LogP) is 5.20. The number of esters is 1. The van der Waals surface area contributed by atoms with Gasteiger partial charge in [0.15, 0.2) is 5.60 Å². The number of allylic oxidation sites excluding steroid dienone is 1. The van der Waals surface area contributed by atoms with Crippen molar-refractivity contribution < 1.29 is 14.3 Å². The van der Waals surface area contributed by atoms with Crippen molar-refractivity contribution in [1.82, 2.24) is 4.90 Å². The van der Waals surface area contributed by atoms with Crippen molar-refractivity contribution in [3.8, 4) is 18.1 Å². The maximum atomic E-state index is 13.1. The van der Waals surface area contributed by atoms with E-state index in [9.17, 15) is 4.79 Å². The highest BCUT2D eigenvalue weighted by Gasteiger charge is 2.63. The molecule has 0 unspecified atom stereocenters. The summed E-state index contributed by atoms with van der Waals surface area (Å²) < 4.78 is 11.7. The fraction of sp³-hybridized carbons (Fsp3) is 0.536. The maximum Gasteiger partial charge on any atom is 0.337 e. The number of hydrogen-bond acceptors (Lipinski definition) is 4. The topological polar surface area (TPSA) is 38.8 Å². The quantitative estimate of drug-likeness (QED) is 0.487. The molecule has 0 N–H and O–H groups in total. The molecule has 1 aliphatic heterocycles. The SMILES string of the molecule is C#C[C@]1(OC(=O)C2=CN(C)C=CC2)CC[C@H]2[C@@H]3CCc4cc(OC)ccc4[C@H]3CC[C@@]21C. The molecule has 4 nitrogen and oxygen atoms in total. The smallest absolute Gasteiger partial charge is 0.337 e. The maximum absolute atomic E-state index is 13.1. The molecule has 0 amide bonds. The third kappa shape index (κ3) is 3.09. The van der Waals surface area contributed by atoms with Crippen LogP contribution < -0.4 is 4.74 Å². The molecule has 0 aromatic heterocycles. The van der Waals surface area contributed by atoms with Crippen LogP contribution >= 0.6 is 0 Å². The lowest BCUT2D eigenvalue weighted by atomic mass is 9.53. The predicted molar refractivity (Wildman–Crippen MR) is 125 cm³/mol. The van der Waals surface area contributed by atoms with Gasteiger partial charge in [-0.1, -0.05) is 25.0 Å². The molecule has 3 aliphatic carbocycles. The molecule has 1 heterocycles. The zero-order chi connectivity index (χ0) is 22.5. The average Bonchev–Trinajstić information content (AvgIpc) is 3.10. The minimum absolute atomic E-state index is 0.181. The summed E-state index contributed by atoms with van der Waals surface area (Å²) in [6.07, 6.45) is 18.6. The van der Waals surface area contributed by atoms with Crippen LogP contribution in [0.15, 0.2) is 42.2 Å². The zero-order valence-corrected chi connectivity index (χ0v) is 19.4. The van der Waals surface area contributed by atoms with Crippen LogP contribution in [0.3, 0.4) is 0 Å². The van der Waals surface area contributed by atoms with Crippen LogP contribution in [0.25, 0.3) is 0 Å². The number of benzene rings is 1. The Balaban J connectivity index is 1.41. The lowest BCUT2D eigenvalue weighted by Crippen LogP contribution is -2.52. The lowest BCUT2D eigenvalue weighted by Gasteiger charge is -2.52. The standard InChI is InChI=1S/C28H33NO3/c1-5-28(32-26(30)20-7-6-16-29(3)18-20)15-13-25-24-10-8-19-17-21(31-4)9-11-22(19)23(24)12-14-27(25,28)2/h1,6,9,11,16-18,23-25H,7-8,10,12-15H2,2-4H3/t23-,24-,25+,27+,28+/m1/s1. The molecule has 2 saturated carbocycles. The first-order valence-corrected chi connectivity index (χ1v) is 11.9. The Hall–Kier alpha value is -2.67. The molecule has 1 aromatic rings. The Labute approximate surface area is 191 Å². The fourth-order valence-electron chi connectivity index (χ4n) is 7.17. The van der Waals surface area contributed by atoms with Crippen LogP contribution in [0.4, 0.5) is 0 Å². The van der Waals surface area contributed by atoms with Gasteiger partial charge in [0, 0.05) is 25.1 Å². The van der Waals surface area contributed by atoms with E-state index in [1.165, 1.54) is 17.5 Å². The van der Waals surface area contributed by atoms with E-state index in [-0.39, 0.29) is 11.4 Å². The summed E-state index contributed by atoms with van der Waals surface area (Å²) in [5.74, 6) is 5.32. The van der Waals surface area contributed by atoms with E-state index in [0.717, 1.165) is 37.9 Å². The summed E-state index contributed by atoms with van der Waals surface area (Å²) >= 11 is 0. The summed E-state index contributed by atoms with van der Waals surface area (Å²) in [6, 6.07) is 6.59. The molecule has 0 bridgehead atoms. The van der Waals surface area contributed by atoms with Gasteiger partial charge in [0.25, 0.3) is 0 Å². The van der Waals surface area contributed by atoms with Crippen molar-refractivity contribution in [3.63, 3.8) is 0 Å². The zero-order valence-electron chi connectivity index (χ0n) is 19.4. The van der Waals surface area contributed by atoms with Crippen molar-refractivity contribution in [2.45, 2.75) is 63.4 Å². The second-order valence-corrected chi connectivity index (χ2v) is 10.2. The number of nitrogens with zero attached hydrogens (tertiary/aromatic N) is 1. The molecule has 168 valence electrons. The van der Waals surface area contributed by atoms with E-state index in [4.69, 9.17) is 15.9 Å². The average molecular weight is 432 g/mol. The molecule has 4 heteroatoms. The Morgan fingerprint density at radius 1 is 1.25 bits per heavy atom. The number of hydrogen-bond donors (Lipinski definition) is 0. The third-order valence-corrected chi connectivity index (χ3v) is 8.85. The Morgan fingerprint density at radius 3 is 2.84 bits per heavy atom. The Morgan fingerprint density at radius 2 is 2.09 bits per heavy atom. The van der Waals surface area contributed by atoms with Crippen LogP contribution in [-0.4, -0.2) is 30.6 Å². The highest BCUT2D eigenvalue weighted by molar-refractivity contribution is 5.89. The highest BCUT2D eigenvalue weighted by Crippen LogP contribution is 2.65. The van der Waals surface area contributed by atoms with Crippen molar-refractivity contribution in [2.24, 2.45) is 17.3 Å². The van der Waals surface area contributed by atoms with Crippen molar-refractivity contribution in [2.75, 3.05) is 14.2 Å². The minimum atomic E-state index is -0.819. The van der Waals surface area contributed by atoms with E-state index < -0.39 is 5.60 Å². The van der Waals surface area contributed by atoms with Gasteiger partial charge in [0.2, 0.25) is 0 Å². The van der Waals surface area contributed by atoms with Crippen LogP contribution in [0.1, 0.15) is 62.5 Å². The summed E-state index contributed by atoms with van der Waals surface area (Å²) in [7, 11) is 3.65. The minimum Gasteiger partial charge on any atom is -0.497 e. The van der Waals surface area contributed by atoms with Gasteiger partial charge < -0.3 is 14.4 Å². The van der Waals surface area contributed by atoms with Crippen LogP contribution in [0.2, 0.25) is 0 Å². The monoisotopic (exact) mass is 431 g/mol. The van der Waals surface area contributed by atoms with Gasteiger partial charge in [-0.25, -0.2) is 4.79 Å². The summed E-state index contributed by atoms with van der Waals surface area (Å²) in [5, 5.41) is 0. The number of aryl methyl sites for hydroxylation is 1. The molecule has 32 heavy (non-hydrogen) atoms. The molecule has 0 radical (unpaired) electrons. The lowest BCUT2D eigenvalue weighted by molar-refractivity contribution is -0.163. The second kappa shape index (κ2) is 7.73. The van der Waals surface area contributed by atoms with Gasteiger partial charge in [-0.15, -0.1) is 6.42 Å². The molecule has 2 fully saturated rings. The largest absolute Gasteiger partial charge is 0.497 e. The number of rotatable bonds is 3. The molecule has 1 aromatic carbocycles. The van der Waals surface area contributed by atoms with E-state index >= 15 is 0 Å². The number of fused-ring (bicyclic) bond motifs is 5. The summed E-state index contributed by atoms with van der Waals surface area (Å²) in [6.45, 7) is 2.29. The third-order valence-electron chi connectivity index (χ3n) is 8.85. The van der Waals surface area contributed by atoms with E-state index in [1.807, 2.05) is 30.4 Å². The van der Waals surface area contributed by atoms with Gasteiger partial charge >= 0.3 is 5.97 Å². The Kier molecular flexibility index (Phi) is 5.12. The molecule has 4 aliphatic rings. The summed E-state index contributed by atoms with van der Waals surface area (Å²) in [5.41, 5.74) is 2.59. The first kappa shape index (κ1) is 21.2. The van der Waals surface area contributed by atoms with Crippen molar-refractivity contribution >= 4 is 5.97 Å². The number of carbonyl (C=O) groups excluding carboxylic acids is 1. The number of carbonyl (C=O) groups is 1. The second-order valence-electron chi connectivity index (χ2n) is 10.2. The van der Waals surface area contributed by atoms with Crippen LogP contribution in [-0.2, 0) is 16.0 Å². The van der Waals surface area contributed by atoms with E-state index in [0.29, 0.717) is 29.7 Å². The number of ether oxygens (including phenoxy) is 2. The van der Waals surface area contributed by atoms with Gasteiger partial charge in [-0.2, -0.15) is 0 Å². The number of methoxy groups -OCH3 is 1. The van der Waals surface area contributed by atoms with Gasteiger partial charge in [0.05, 0.1) is 12.7 Å². The summed E-state index contributed by atoms with van der Waals surface area (Å²) in [4.78, 5) is 15.0. The van der Waals surface area contributed by atoms with Gasteiger partial charge in [-0.3, -0.25) is 0 Å². The first-order valence-electron chi connectivity index (χ1n) is 11.9. The van der Waals surface area contributed by atoms with E-state index in [1.54, 1.807) is 7.11 Å². The van der Waals surface area contributed by atoms with Crippen LogP contribution in [0.5, 0.6) is 5.75 Å². The fourth-order valence-corrected chi connectivity index (χ4v) is 7.17. The molecule has 5 atom stereocenters. The first-order chi connectivity index (χ1) is 15.4. The van der Waals surface area contributed by atoms with Gasteiger partial charge in [0.1, 0.15) is 5.75 Å². The molecular formula is C28H33NO3. The van der Waals surface area contributed by atoms with Crippen molar-refractivity contribution in [1.29, 1.82) is 0 Å². The van der Waals surface area contributed by atoms with Gasteiger partial charge in [-0.05, 0) is 85.7 Å². The van der Waals surface area contributed by atoms with Crippen molar-refractivity contribution in [3.05, 3.63) is 53.4 Å². The van der Waals surface area contributed by atoms with E-state index in [2.05, 4.69) is 31.0 Å². The van der Waals surface area contributed by atoms with Crippen LogP contribution in [0, 0.1) is 29.6 Å². The molecular weight excluding hydrogens is 398 g/mol. The molecule has 0 spiro atoms.